The molecule has 0 fully saturated rings. The molecule has 0 spiro atoms. The summed E-state index contributed by atoms with van der Waals surface area (Å²) in [6.45, 7) is -0.208. The van der Waals surface area contributed by atoms with Crippen molar-refractivity contribution >= 4 is 34.1 Å². The van der Waals surface area contributed by atoms with E-state index in [0.717, 1.165) is 16.6 Å². The number of amides is 1. The summed E-state index contributed by atoms with van der Waals surface area (Å²) in [5.74, 6) is 1.31. The molecular weight excluding hydrogens is 428 g/mol. The van der Waals surface area contributed by atoms with Crippen molar-refractivity contribution in [2.24, 2.45) is 0 Å². The van der Waals surface area contributed by atoms with Crippen LogP contribution in [-0.2, 0) is 4.79 Å². The van der Waals surface area contributed by atoms with Crippen LogP contribution >= 0.6 is 11.6 Å². The minimum Gasteiger partial charge on any atom is -0.495 e. The first-order valence-electron chi connectivity index (χ1n) is 9.88. The molecule has 32 heavy (non-hydrogen) atoms. The highest BCUT2D eigenvalue weighted by molar-refractivity contribution is 6.31. The topological polar surface area (TPSA) is 69.7 Å². The molecule has 3 aromatic carbocycles. The summed E-state index contributed by atoms with van der Waals surface area (Å²) >= 11 is 6.04. The Labute approximate surface area is 190 Å². The molecule has 1 amide bonds. The highest BCUT2D eigenvalue weighted by atomic mass is 35.5. The largest absolute Gasteiger partial charge is 0.495 e. The maximum Gasteiger partial charge on any atom is 0.262 e. The Morgan fingerprint density at radius 2 is 1.69 bits per heavy atom. The molecule has 0 saturated heterocycles. The molecule has 0 aliphatic heterocycles. The Hall–Kier alpha value is -3.77. The van der Waals surface area contributed by atoms with Gasteiger partial charge in [-0.3, -0.25) is 4.79 Å². The molecule has 0 radical (unpaired) electrons. The Morgan fingerprint density at radius 3 is 2.44 bits per heavy atom. The van der Waals surface area contributed by atoms with Crippen molar-refractivity contribution < 1.29 is 19.0 Å². The highest BCUT2D eigenvalue weighted by Crippen LogP contribution is 2.34. The zero-order valence-electron chi connectivity index (χ0n) is 17.6. The number of para-hydroxylation sites is 1. The van der Waals surface area contributed by atoms with E-state index in [1.807, 2.05) is 54.6 Å². The van der Waals surface area contributed by atoms with Gasteiger partial charge in [0, 0.05) is 22.0 Å². The summed E-state index contributed by atoms with van der Waals surface area (Å²) in [5.41, 5.74) is 2.77. The second-order valence-corrected chi connectivity index (χ2v) is 7.35. The van der Waals surface area contributed by atoms with E-state index in [2.05, 4.69) is 5.32 Å². The molecule has 0 atom stereocenters. The molecule has 1 heterocycles. The Bertz CT molecular complexity index is 1260. The van der Waals surface area contributed by atoms with Crippen molar-refractivity contribution in [1.82, 2.24) is 4.98 Å². The number of carbonyl (C=O) groups excluding carboxylic acids is 1. The smallest absolute Gasteiger partial charge is 0.262 e. The number of nitrogens with zero attached hydrogens (tertiary/aromatic N) is 1. The van der Waals surface area contributed by atoms with Crippen LogP contribution in [0.4, 0.5) is 5.69 Å². The van der Waals surface area contributed by atoms with Gasteiger partial charge in [-0.05, 0) is 30.3 Å². The molecule has 4 rings (SSSR count). The van der Waals surface area contributed by atoms with E-state index >= 15 is 0 Å². The fourth-order valence-corrected chi connectivity index (χ4v) is 3.51. The van der Waals surface area contributed by atoms with Crippen LogP contribution in [0.3, 0.4) is 0 Å². The number of nitrogens with one attached hydrogen (secondary N) is 1. The SMILES string of the molecule is COc1ccc(Cl)cc1NC(=O)COc1cc(-c2ccccc2)nc2c(OC)cccc12. The first-order chi connectivity index (χ1) is 15.6. The second kappa shape index (κ2) is 9.58. The van der Waals surface area contributed by atoms with Crippen LogP contribution in [0.15, 0.2) is 72.8 Å². The van der Waals surface area contributed by atoms with Gasteiger partial charge in [-0.1, -0.05) is 48.0 Å². The first kappa shape index (κ1) is 21.5. The molecule has 6 nitrogen and oxygen atoms in total. The zero-order chi connectivity index (χ0) is 22.5. The molecule has 0 aliphatic rings. The van der Waals surface area contributed by atoms with E-state index in [0.29, 0.717) is 33.5 Å². The van der Waals surface area contributed by atoms with Gasteiger partial charge in [0.1, 0.15) is 22.8 Å². The zero-order valence-corrected chi connectivity index (χ0v) is 18.3. The average molecular weight is 449 g/mol. The van der Waals surface area contributed by atoms with Gasteiger partial charge in [0.25, 0.3) is 5.91 Å². The molecule has 4 aromatic rings. The van der Waals surface area contributed by atoms with E-state index in [1.54, 1.807) is 25.3 Å². The fraction of sp³-hybridized carbons (Fsp3) is 0.120. The summed E-state index contributed by atoms with van der Waals surface area (Å²) in [6, 6.07) is 22.2. The maximum absolute atomic E-state index is 12.6. The van der Waals surface area contributed by atoms with Crippen molar-refractivity contribution in [3.05, 3.63) is 77.8 Å². The van der Waals surface area contributed by atoms with Gasteiger partial charge in [-0.25, -0.2) is 4.98 Å². The van der Waals surface area contributed by atoms with Crippen LogP contribution in [0.2, 0.25) is 5.02 Å². The number of methoxy groups -OCH3 is 2. The standard InChI is InChI=1S/C25H21ClN2O4/c1-30-21-12-11-17(26)13-20(21)27-24(29)15-32-23-14-19(16-7-4-3-5-8-16)28-25-18(23)9-6-10-22(25)31-2/h3-14H,15H2,1-2H3,(H,27,29). The van der Waals surface area contributed by atoms with Crippen molar-refractivity contribution in [2.45, 2.75) is 0 Å². The quantitative estimate of drug-likeness (QED) is 0.399. The van der Waals surface area contributed by atoms with Crippen LogP contribution in [0, 0.1) is 0 Å². The van der Waals surface area contributed by atoms with E-state index in [1.165, 1.54) is 7.11 Å². The number of hydrogen-bond acceptors (Lipinski definition) is 5. The lowest BCUT2D eigenvalue weighted by Gasteiger charge is -2.14. The lowest BCUT2D eigenvalue weighted by molar-refractivity contribution is -0.118. The third-order valence-electron chi connectivity index (χ3n) is 4.85. The van der Waals surface area contributed by atoms with Crippen LogP contribution < -0.4 is 19.5 Å². The summed E-state index contributed by atoms with van der Waals surface area (Å²) < 4.78 is 16.7. The molecule has 0 aliphatic carbocycles. The van der Waals surface area contributed by atoms with E-state index in [9.17, 15) is 4.79 Å². The molecule has 0 unspecified atom stereocenters. The second-order valence-electron chi connectivity index (χ2n) is 6.91. The van der Waals surface area contributed by atoms with Crippen molar-refractivity contribution in [1.29, 1.82) is 0 Å². The van der Waals surface area contributed by atoms with Crippen LogP contribution in [0.25, 0.3) is 22.2 Å². The Morgan fingerprint density at radius 1 is 0.906 bits per heavy atom. The molecule has 1 aromatic heterocycles. The fourth-order valence-electron chi connectivity index (χ4n) is 3.34. The van der Waals surface area contributed by atoms with Crippen molar-refractivity contribution in [3.8, 4) is 28.5 Å². The molecule has 7 heteroatoms. The van der Waals surface area contributed by atoms with Gasteiger partial charge in [0.05, 0.1) is 25.6 Å². The number of ether oxygens (including phenoxy) is 3. The summed E-state index contributed by atoms with van der Waals surface area (Å²) in [4.78, 5) is 17.4. The van der Waals surface area contributed by atoms with Crippen LogP contribution in [0.5, 0.6) is 17.2 Å². The third-order valence-corrected chi connectivity index (χ3v) is 5.08. The monoisotopic (exact) mass is 448 g/mol. The highest BCUT2D eigenvalue weighted by Gasteiger charge is 2.14. The number of aromatic nitrogens is 1. The normalized spacial score (nSPS) is 10.6. The predicted molar refractivity (Wildman–Crippen MR) is 126 cm³/mol. The number of anilines is 1. The van der Waals surface area contributed by atoms with Crippen molar-refractivity contribution in [3.63, 3.8) is 0 Å². The molecule has 162 valence electrons. The van der Waals surface area contributed by atoms with Crippen LogP contribution in [0.1, 0.15) is 0 Å². The summed E-state index contributed by atoms with van der Waals surface area (Å²) in [6.07, 6.45) is 0. The minimum atomic E-state index is -0.348. The number of rotatable bonds is 7. The number of halogens is 1. The van der Waals surface area contributed by atoms with Gasteiger partial charge in [0.2, 0.25) is 0 Å². The minimum absolute atomic E-state index is 0.208. The van der Waals surface area contributed by atoms with Crippen LogP contribution in [-0.4, -0.2) is 31.7 Å². The average Bonchev–Trinajstić information content (AvgIpc) is 2.82. The van der Waals surface area contributed by atoms with E-state index < -0.39 is 0 Å². The van der Waals surface area contributed by atoms with Gasteiger partial charge in [0.15, 0.2) is 6.61 Å². The number of hydrogen-bond donors (Lipinski definition) is 1. The summed E-state index contributed by atoms with van der Waals surface area (Å²) in [5, 5.41) is 4.01. The molecule has 1 N–H and O–H groups in total. The van der Waals surface area contributed by atoms with Gasteiger partial charge in [-0.15, -0.1) is 0 Å². The predicted octanol–water partition coefficient (Wildman–Crippen LogP) is 5.59. The van der Waals surface area contributed by atoms with Gasteiger partial charge < -0.3 is 19.5 Å². The number of fused-ring (bicyclic) bond motifs is 1. The maximum atomic E-state index is 12.6. The number of carbonyl (C=O) groups is 1. The Kier molecular flexibility index (Phi) is 6.42. The lowest BCUT2D eigenvalue weighted by Crippen LogP contribution is -2.20. The molecular formula is C25H21ClN2O4. The summed E-state index contributed by atoms with van der Waals surface area (Å²) in [7, 11) is 3.12. The van der Waals surface area contributed by atoms with Gasteiger partial charge in [-0.2, -0.15) is 0 Å². The first-order valence-corrected chi connectivity index (χ1v) is 10.3. The molecule has 0 saturated carbocycles. The van der Waals surface area contributed by atoms with E-state index in [4.69, 9.17) is 30.8 Å². The number of benzene rings is 3. The lowest BCUT2D eigenvalue weighted by atomic mass is 10.1. The number of pyridine rings is 1. The molecule has 0 bridgehead atoms. The van der Waals surface area contributed by atoms with Gasteiger partial charge >= 0.3 is 0 Å². The Balaban J connectivity index is 1.64. The van der Waals surface area contributed by atoms with E-state index in [-0.39, 0.29) is 12.5 Å². The van der Waals surface area contributed by atoms with Crippen molar-refractivity contribution in [2.75, 3.05) is 26.1 Å². The third kappa shape index (κ3) is 4.60.